The van der Waals surface area contributed by atoms with E-state index in [0.717, 1.165) is 5.56 Å². The quantitative estimate of drug-likeness (QED) is 0.667. The lowest BCUT2D eigenvalue weighted by molar-refractivity contribution is -0.150. The topological polar surface area (TPSA) is 64.6 Å². The fourth-order valence-electron chi connectivity index (χ4n) is 2.56. The van der Waals surface area contributed by atoms with E-state index in [9.17, 15) is 9.59 Å². The number of piperidine rings is 1. The van der Waals surface area contributed by atoms with E-state index in [1.165, 1.54) is 7.11 Å². The molecule has 0 unspecified atom stereocenters. The van der Waals surface area contributed by atoms with Crippen LogP contribution in [0.5, 0.6) is 0 Å². The van der Waals surface area contributed by atoms with Crippen LogP contribution >= 0.6 is 11.6 Å². The van der Waals surface area contributed by atoms with Crippen LogP contribution in [0.2, 0.25) is 5.02 Å². The first kappa shape index (κ1) is 16.5. The first-order chi connectivity index (χ1) is 10.5. The zero-order valence-corrected chi connectivity index (χ0v) is 13.1. The van der Waals surface area contributed by atoms with Gasteiger partial charge in [-0.2, -0.15) is 0 Å². The Hall–Kier alpha value is -1.85. The zero-order valence-electron chi connectivity index (χ0n) is 12.3. The molecule has 1 aromatic rings. The molecule has 0 bridgehead atoms. The van der Waals surface area contributed by atoms with Gasteiger partial charge >= 0.3 is 5.97 Å². The van der Waals surface area contributed by atoms with Crippen LogP contribution in [0.3, 0.4) is 0 Å². The molecule has 1 fully saturated rings. The standard InChI is InChI=1S/C16H18ClNO4/c1-10-15(16(20)22-8-7-21-2)12(9-14(19)18-10)11-5-3-4-6-13(11)17/h3-6,12,15H,1,7-9H2,2H3,(H,18,19)/t12-,15+/m1/s1. The SMILES string of the molecule is C=C1NC(=O)C[C@H](c2ccccc2Cl)[C@H]1C(=O)OCCOC. The second-order valence-electron chi connectivity index (χ2n) is 5.04. The molecular formula is C16H18ClNO4. The van der Waals surface area contributed by atoms with Crippen LogP contribution in [0.4, 0.5) is 0 Å². The predicted molar refractivity (Wildman–Crippen MR) is 82.4 cm³/mol. The number of amides is 1. The lowest BCUT2D eigenvalue weighted by atomic mass is 9.79. The molecule has 1 heterocycles. The van der Waals surface area contributed by atoms with Gasteiger partial charge in [0.05, 0.1) is 6.61 Å². The summed E-state index contributed by atoms with van der Waals surface area (Å²) in [5, 5.41) is 3.13. The number of nitrogens with one attached hydrogen (secondary N) is 1. The van der Waals surface area contributed by atoms with Gasteiger partial charge in [0.15, 0.2) is 0 Å². The van der Waals surface area contributed by atoms with Gasteiger partial charge in [0.25, 0.3) is 0 Å². The summed E-state index contributed by atoms with van der Waals surface area (Å²) in [7, 11) is 1.53. The Balaban J connectivity index is 2.26. The van der Waals surface area contributed by atoms with Gasteiger partial charge < -0.3 is 14.8 Å². The van der Waals surface area contributed by atoms with Gasteiger partial charge in [-0.05, 0) is 11.6 Å². The van der Waals surface area contributed by atoms with E-state index in [4.69, 9.17) is 21.1 Å². The Morgan fingerprint density at radius 2 is 2.14 bits per heavy atom. The highest BCUT2D eigenvalue weighted by molar-refractivity contribution is 6.31. The Kier molecular flexibility index (Phi) is 5.57. The maximum Gasteiger partial charge on any atom is 0.315 e. The highest BCUT2D eigenvalue weighted by atomic mass is 35.5. The summed E-state index contributed by atoms with van der Waals surface area (Å²) in [6, 6.07) is 7.17. The number of ether oxygens (including phenoxy) is 2. The number of carbonyl (C=O) groups excluding carboxylic acids is 2. The average Bonchev–Trinajstić information content (AvgIpc) is 2.47. The van der Waals surface area contributed by atoms with Crippen LogP contribution in [0, 0.1) is 5.92 Å². The number of carbonyl (C=O) groups is 2. The number of hydrogen-bond donors (Lipinski definition) is 1. The van der Waals surface area contributed by atoms with E-state index in [0.29, 0.717) is 17.3 Å². The van der Waals surface area contributed by atoms with Crippen LogP contribution in [-0.4, -0.2) is 32.2 Å². The summed E-state index contributed by atoms with van der Waals surface area (Å²) < 4.78 is 10.1. The molecule has 1 aromatic carbocycles. The van der Waals surface area contributed by atoms with E-state index in [1.807, 2.05) is 12.1 Å². The summed E-state index contributed by atoms with van der Waals surface area (Å²) in [4.78, 5) is 24.2. The number of hydrogen-bond acceptors (Lipinski definition) is 4. The number of halogens is 1. The zero-order chi connectivity index (χ0) is 16.1. The third kappa shape index (κ3) is 3.67. The summed E-state index contributed by atoms with van der Waals surface area (Å²) >= 11 is 6.22. The van der Waals surface area contributed by atoms with E-state index in [-0.39, 0.29) is 24.9 Å². The van der Waals surface area contributed by atoms with E-state index in [1.54, 1.807) is 12.1 Å². The third-order valence-electron chi connectivity index (χ3n) is 3.57. The van der Waals surface area contributed by atoms with Gasteiger partial charge in [-0.25, -0.2) is 0 Å². The highest BCUT2D eigenvalue weighted by Crippen LogP contribution is 2.38. The minimum Gasteiger partial charge on any atom is -0.463 e. The van der Waals surface area contributed by atoms with Crippen molar-refractivity contribution in [3.63, 3.8) is 0 Å². The monoisotopic (exact) mass is 323 g/mol. The minimum absolute atomic E-state index is 0.155. The van der Waals surface area contributed by atoms with Gasteiger partial charge in [-0.3, -0.25) is 9.59 Å². The Morgan fingerprint density at radius 1 is 1.41 bits per heavy atom. The van der Waals surface area contributed by atoms with E-state index < -0.39 is 11.9 Å². The van der Waals surface area contributed by atoms with Gasteiger partial charge in [-0.1, -0.05) is 36.4 Å². The van der Waals surface area contributed by atoms with Gasteiger partial charge in [0.2, 0.25) is 5.91 Å². The molecular weight excluding hydrogens is 306 g/mol. The Labute approximate surface area is 134 Å². The second kappa shape index (κ2) is 7.42. The Morgan fingerprint density at radius 3 is 2.82 bits per heavy atom. The van der Waals surface area contributed by atoms with Gasteiger partial charge in [-0.15, -0.1) is 0 Å². The molecule has 0 saturated carbocycles. The second-order valence-corrected chi connectivity index (χ2v) is 5.45. The van der Waals surface area contributed by atoms with Crippen molar-refractivity contribution in [2.24, 2.45) is 5.92 Å². The maximum atomic E-state index is 12.4. The molecule has 0 radical (unpaired) electrons. The number of methoxy groups -OCH3 is 1. The Bertz CT molecular complexity index is 587. The molecule has 5 nitrogen and oxygen atoms in total. The molecule has 0 aromatic heterocycles. The molecule has 1 N–H and O–H groups in total. The summed E-state index contributed by atoms with van der Waals surface area (Å²) in [6.07, 6.45) is 0.160. The lowest BCUT2D eigenvalue weighted by Crippen LogP contribution is -2.41. The van der Waals surface area contributed by atoms with E-state index in [2.05, 4.69) is 11.9 Å². The van der Waals surface area contributed by atoms with Crippen LogP contribution in [0.15, 0.2) is 36.5 Å². The molecule has 1 amide bonds. The van der Waals surface area contributed by atoms with Crippen molar-refractivity contribution in [3.8, 4) is 0 Å². The van der Waals surface area contributed by atoms with Crippen LogP contribution in [0.1, 0.15) is 17.9 Å². The molecule has 0 aliphatic carbocycles. The van der Waals surface area contributed by atoms with Crippen LogP contribution in [0.25, 0.3) is 0 Å². The fourth-order valence-corrected chi connectivity index (χ4v) is 2.83. The predicted octanol–water partition coefficient (Wildman–Crippen LogP) is 2.26. The molecule has 2 rings (SSSR count). The molecule has 118 valence electrons. The van der Waals surface area contributed by atoms with Crippen molar-refractivity contribution in [1.82, 2.24) is 5.32 Å². The molecule has 22 heavy (non-hydrogen) atoms. The van der Waals surface area contributed by atoms with Gasteiger partial charge in [0.1, 0.15) is 12.5 Å². The highest BCUT2D eigenvalue weighted by Gasteiger charge is 2.39. The number of benzene rings is 1. The van der Waals surface area contributed by atoms with Crippen molar-refractivity contribution < 1.29 is 19.1 Å². The van der Waals surface area contributed by atoms with Crippen LogP contribution < -0.4 is 5.32 Å². The molecule has 1 aliphatic heterocycles. The van der Waals surface area contributed by atoms with Crippen LogP contribution in [-0.2, 0) is 19.1 Å². The molecule has 0 spiro atoms. The van der Waals surface area contributed by atoms with Crippen molar-refractivity contribution in [3.05, 3.63) is 47.1 Å². The first-order valence-corrected chi connectivity index (χ1v) is 7.31. The fraction of sp³-hybridized carbons (Fsp3) is 0.375. The molecule has 1 saturated heterocycles. The molecule has 1 aliphatic rings. The molecule has 6 heteroatoms. The molecule has 2 atom stereocenters. The maximum absolute atomic E-state index is 12.4. The third-order valence-corrected chi connectivity index (χ3v) is 3.92. The number of rotatable bonds is 5. The van der Waals surface area contributed by atoms with Crippen molar-refractivity contribution >= 4 is 23.5 Å². The normalized spacial score (nSPS) is 21.4. The van der Waals surface area contributed by atoms with Crippen molar-refractivity contribution in [2.45, 2.75) is 12.3 Å². The minimum atomic E-state index is -0.658. The smallest absolute Gasteiger partial charge is 0.315 e. The van der Waals surface area contributed by atoms with E-state index >= 15 is 0 Å². The lowest BCUT2D eigenvalue weighted by Gasteiger charge is -2.32. The largest absolute Gasteiger partial charge is 0.463 e. The average molecular weight is 324 g/mol. The van der Waals surface area contributed by atoms with Crippen molar-refractivity contribution in [1.29, 1.82) is 0 Å². The summed E-state index contributed by atoms with van der Waals surface area (Å²) in [5.74, 6) is -1.66. The van der Waals surface area contributed by atoms with Crippen molar-refractivity contribution in [2.75, 3.05) is 20.3 Å². The van der Waals surface area contributed by atoms with Gasteiger partial charge in [0, 0.05) is 30.2 Å². The first-order valence-electron chi connectivity index (χ1n) is 6.93. The summed E-state index contributed by atoms with van der Waals surface area (Å²) in [5.41, 5.74) is 1.08. The summed E-state index contributed by atoms with van der Waals surface area (Å²) in [6.45, 7) is 4.26. The number of esters is 1.